The number of aromatic nitrogens is 1. The van der Waals surface area contributed by atoms with Crippen molar-refractivity contribution in [3.05, 3.63) is 71.0 Å². The molecule has 0 saturated heterocycles. The summed E-state index contributed by atoms with van der Waals surface area (Å²) in [5, 5.41) is 1.02. The maximum absolute atomic E-state index is 12.6. The number of para-hydroxylation sites is 1. The van der Waals surface area contributed by atoms with Crippen LogP contribution < -0.4 is 5.56 Å². The normalized spacial score (nSPS) is 10.3. The van der Waals surface area contributed by atoms with Crippen molar-refractivity contribution in [2.24, 2.45) is 0 Å². The topological polar surface area (TPSA) is 22.0 Å². The Balaban J connectivity index is 2.38. The SMILES string of the molecule is C#CCn1c(=O)c(-c2ccccc2)cc2ccccc21. The Kier molecular flexibility index (Phi) is 3.10. The molecule has 0 aliphatic carbocycles. The zero-order valence-corrected chi connectivity index (χ0v) is 10.9. The second-order valence-electron chi connectivity index (χ2n) is 4.58. The monoisotopic (exact) mass is 259 g/mol. The number of fused-ring (bicyclic) bond motifs is 1. The summed E-state index contributed by atoms with van der Waals surface area (Å²) >= 11 is 0. The second kappa shape index (κ2) is 5.07. The maximum atomic E-state index is 12.6. The van der Waals surface area contributed by atoms with Crippen molar-refractivity contribution in [2.75, 3.05) is 0 Å². The van der Waals surface area contributed by atoms with Gasteiger partial charge in [-0.15, -0.1) is 6.42 Å². The van der Waals surface area contributed by atoms with E-state index in [4.69, 9.17) is 6.42 Å². The molecule has 0 radical (unpaired) electrons. The third-order valence-corrected chi connectivity index (χ3v) is 3.34. The zero-order chi connectivity index (χ0) is 13.9. The van der Waals surface area contributed by atoms with Crippen molar-refractivity contribution in [2.45, 2.75) is 6.54 Å². The molecule has 1 heterocycles. The first-order valence-corrected chi connectivity index (χ1v) is 6.43. The lowest BCUT2D eigenvalue weighted by Crippen LogP contribution is -2.21. The van der Waals surface area contributed by atoms with Crippen molar-refractivity contribution in [3.63, 3.8) is 0 Å². The molecule has 0 fully saturated rings. The van der Waals surface area contributed by atoms with Gasteiger partial charge in [-0.25, -0.2) is 0 Å². The van der Waals surface area contributed by atoms with Gasteiger partial charge in [0.1, 0.15) is 0 Å². The Morgan fingerprint density at radius 1 is 1.00 bits per heavy atom. The van der Waals surface area contributed by atoms with Crippen molar-refractivity contribution in [3.8, 4) is 23.5 Å². The highest BCUT2D eigenvalue weighted by atomic mass is 16.1. The molecule has 1 aromatic heterocycles. The first-order valence-electron chi connectivity index (χ1n) is 6.43. The average Bonchev–Trinajstić information content (AvgIpc) is 2.51. The minimum Gasteiger partial charge on any atom is -0.296 e. The molecule has 0 saturated carbocycles. The van der Waals surface area contributed by atoms with Gasteiger partial charge in [-0.1, -0.05) is 54.5 Å². The van der Waals surface area contributed by atoms with E-state index in [0.717, 1.165) is 16.5 Å². The molecular weight excluding hydrogens is 246 g/mol. The fraction of sp³-hybridized carbons (Fsp3) is 0.0556. The summed E-state index contributed by atoms with van der Waals surface area (Å²) < 4.78 is 1.65. The van der Waals surface area contributed by atoms with Crippen LogP contribution in [0.3, 0.4) is 0 Å². The maximum Gasteiger partial charge on any atom is 0.259 e. The Bertz CT molecular complexity index is 854. The van der Waals surface area contributed by atoms with E-state index in [1.54, 1.807) is 4.57 Å². The number of hydrogen-bond donors (Lipinski definition) is 0. The van der Waals surface area contributed by atoms with Crippen molar-refractivity contribution in [1.29, 1.82) is 0 Å². The second-order valence-corrected chi connectivity index (χ2v) is 4.58. The lowest BCUT2D eigenvalue weighted by molar-refractivity contribution is 0.838. The van der Waals surface area contributed by atoms with Gasteiger partial charge in [0.05, 0.1) is 12.1 Å². The van der Waals surface area contributed by atoms with Gasteiger partial charge in [0.25, 0.3) is 5.56 Å². The molecule has 96 valence electrons. The van der Waals surface area contributed by atoms with Gasteiger partial charge in [0, 0.05) is 5.56 Å². The van der Waals surface area contributed by atoms with Gasteiger partial charge in [-0.2, -0.15) is 0 Å². The fourth-order valence-electron chi connectivity index (χ4n) is 2.40. The minimum atomic E-state index is -0.0483. The highest BCUT2D eigenvalue weighted by Gasteiger charge is 2.09. The summed E-state index contributed by atoms with van der Waals surface area (Å²) in [6.45, 7) is 0.278. The summed E-state index contributed by atoms with van der Waals surface area (Å²) in [5.41, 5.74) is 2.41. The predicted molar refractivity (Wildman–Crippen MR) is 82.5 cm³/mol. The largest absolute Gasteiger partial charge is 0.296 e. The van der Waals surface area contributed by atoms with Crippen LogP contribution in [0.5, 0.6) is 0 Å². The summed E-state index contributed by atoms with van der Waals surface area (Å²) in [7, 11) is 0. The Morgan fingerprint density at radius 2 is 1.70 bits per heavy atom. The summed E-state index contributed by atoms with van der Waals surface area (Å²) in [6.07, 6.45) is 5.40. The van der Waals surface area contributed by atoms with Gasteiger partial charge in [-0.3, -0.25) is 9.36 Å². The third kappa shape index (κ3) is 2.00. The average molecular weight is 259 g/mol. The highest BCUT2D eigenvalue weighted by molar-refractivity contribution is 5.84. The van der Waals surface area contributed by atoms with E-state index in [2.05, 4.69) is 5.92 Å². The minimum absolute atomic E-state index is 0.0483. The molecule has 2 nitrogen and oxygen atoms in total. The number of terminal acetylenes is 1. The van der Waals surface area contributed by atoms with Gasteiger partial charge in [-0.05, 0) is 23.1 Å². The van der Waals surface area contributed by atoms with Crippen LogP contribution in [-0.4, -0.2) is 4.57 Å². The molecule has 0 N–H and O–H groups in total. The molecule has 0 bridgehead atoms. The predicted octanol–water partition coefficient (Wildman–Crippen LogP) is 3.30. The van der Waals surface area contributed by atoms with E-state index < -0.39 is 0 Å². The molecule has 0 unspecified atom stereocenters. The number of benzene rings is 2. The number of nitrogens with zero attached hydrogens (tertiary/aromatic N) is 1. The molecule has 2 heteroatoms. The molecule has 0 aliphatic rings. The van der Waals surface area contributed by atoms with Crippen LogP contribution in [0.2, 0.25) is 0 Å². The fourth-order valence-corrected chi connectivity index (χ4v) is 2.40. The van der Waals surface area contributed by atoms with Gasteiger partial charge < -0.3 is 0 Å². The zero-order valence-electron chi connectivity index (χ0n) is 10.9. The van der Waals surface area contributed by atoms with Crippen LogP contribution in [0, 0.1) is 12.3 Å². The van der Waals surface area contributed by atoms with Gasteiger partial charge >= 0.3 is 0 Å². The summed E-state index contributed by atoms with van der Waals surface area (Å²) in [6, 6.07) is 19.4. The van der Waals surface area contributed by atoms with Crippen LogP contribution in [-0.2, 0) is 6.54 Å². The van der Waals surface area contributed by atoms with Gasteiger partial charge in [0.2, 0.25) is 0 Å². The smallest absolute Gasteiger partial charge is 0.259 e. The standard InChI is InChI=1S/C18H13NO/c1-2-12-19-17-11-7-6-10-15(17)13-16(18(19)20)14-8-4-3-5-9-14/h1,3-11,13H,12H2. The molecule has 0 spiro atoms. The Hall–Kier alpha value is -2.79. The summed E-state index contributed by atoms with van der Waals surface area (Å²) in [4.78, 5) is 12.6. The highest BCUT2D eigenvalue weighted by Crippen LogP contribution is 2.20. The van der Waals surface area contributed by atoms with Crippen LogP contribution in [0.1, 0.15) is 0 Å². The van der Waals surface area contributed by atoms with Crippen molar-refractivity contribution in [1.82, 2.24) is 4.57 Å². The third-order valence-electron chi connectivity index (χ3n) is 3.34. The molecule has 20 heavy (non-hydrogen) atoms. The first kappa shape index (κ1) is 12.3. The van der Waals surface area contributed by atoms with Crippen molar-refractivity contribution < 1.29 is 0 Å². The van der Waals surface area contributed by atoms with E-state index >= 15 is 0 Å². The number of pyridine rings is 1. The molecular formula is C18H13NO. The Labute approximate surface area is 117 Å². The lowest BCUT2D eigenvalue weighted by atomic mass is 10.0. The van der Waals surface area contributed by atoms with Crippen LogP contribution in [0.4, 0.5) is 0 Å². The van der Waals surface area contributed by atoms with E-state index in [1.165, 1.54) is 0 Å². The van der Waals surface area contributed by atoms with Crippen LogP contribution >= 0.6 is 0 Å². The lowest BCUT2D eigenvalue weighted by Gasteiger charge is -2.10. The first-order chi connectivity index (χ1) is 9.81. The van der Waals surface area contributed by atoms with E-state index in [9.17, 15) is 4.79 Å². The van der Waals surface area contributed by atoms with E-state index in [1.807, 2.05) is 60.7 Å². The molecule has 0 amide bonds. The van der Waals surface area contributed by atoms with Crippen molar-refractivity contribution >= 4 is 10.9 Å². The number of hydrogen-bond acceptors (Lipinski definition) is 1. The van der Waals surface area contributed by atoms with Gasteiger partial charge in [0.15, 0.2) is 0 Å². The molecule has 0 aliphatic heterocycles. The quantitative estimate of drug-likeness (QED) is 0.647. The molecule has 3 rings (SSSR count). The van der Waals surface area contributed by atoms with E-state index in [0.29, 0.717) is 5.56 Å². The number of rotatable bonds is 2. The van der Waals surface area contributed by atoms with E-state index in [-0.39, 0.29) is 12.1 Å². The molecule has 3 aromatic rings. The Morgan fingerprint density at radius 3 is 2.45 bits per heavy atom. The molecule has 0 atom stereocenters. The van der Waals surface area contributed by atoms with Crippen LogP contribution in [0.15, 0.2) is 65.5 Å². The molecule has 2 aromatic carbocycles. The van der Waals surface area contributed by atoms with Crippen LogP contribution in [0.25, 0.3) is 22.0 Å². The summed E-state index contributed by atoms with van der Waals surface area (Å²) in [5.74, 6) is 2.56.